The normalized spacial score (nSPS) is 24.5. The molecule has 0 radical (unpaired) electrons. The summed E-state index contributed by atoms with van der Waals surface area (Å²) >= 11 is 3.15. The van der Waals surface area contributed by atoms with Crippen LogP contribution in [0.5, 0.6) is 0 Å². The standard InChI is InChI=1S/C9H10BrF2N3/c1-6-4-15(5-9(6,11)12)8-3-13-7(10)2-14-8/h2-3,6H,4-5H2,1H3. The highest BCUT2D eigenvalue weighted by Gasteiger charge is 2.45. The largest absolute Gasteiger partial charge is 0.349 e. The van der Waals surface area contributed by atoms with Crippen LogP contribution in [0.15, 0.2) is 17.0 Å². The van der Waals surface area contributed by atoms with E-state index in [1.165, 1.54) is 12.4 Å². The summed E-state index contributed by atoms with van der Waals surface area (Å²) in [7, 11) is 0. The van der Waals surface area contributed by atoms with Crippen LogP contribution in [-0.2, 0) is 0 Å². The molecule has 82 valence electrons. The highest BCUT2D eigenvalue weighted by atomic mass is 79.9. The average molecular weight is 278 g/mol. The molecule has 0 N–H and O–H groups in total. The highest BCUT2D eigenvalue weighted by molar-refractivity contribution is 9.10. The molecule has 6 heteroatoms. The first-order valence-corrected chi connectivity index (χ1v) is 5.38. The van der Waals surface area contributed by atoms with E-state index in [-0.39, 0.29) is 6.54 Å². The second kappa shape index (κ2) is 3.66. The first kappa shape index (κ1) is 10.7. The molecule has 1 unspecified atom stereocenters. The first-order chi connectivity index (χ1) is 6.99. The molecule has 1 atom stereocenters. The zero-order valence-corrected chi connectivity index (χ0v) is 9.71. The van der Waals surface area contributed by atoms with Gasteiger partial charge in [-0.2, -0.15) is 0 Å². The van der Waals surface area contributed by atoms with Crippen LogP contribution in [0.2, 0.25) is 0 Å². The number of rotatable bonds is 1. The van der Waals surface area contributed by atoms with Gasteiger partial charge in [-0.1, -0.05) is 6.92 Å². The van der Waals surface area contributed by atoms with Gasteiger partial charge in [0.1, 0.15) is 10.4 Å². The second-order valence-corrected chi connectivity index (χ2v) is 4.55. The number of aromatic nitrogens is 2. The van der Waals surface area contributed by atoms with Crippen molar-refractivity contribution in [2.75, 3.05) is 18.0 Å². The summed E-state index contributed by atoms with van der Waals surface area (Å²) in [6.07, 6.45) is 3.01. The molecule has 2 heterocycles. The van der Waals surface area contributed by atoms with Gasteiger partial charge in [-0.25, -0.2) is 18.7 Å². The summed E-state index contributed by atoms with van der Waals surface area (Å²) in [6, 6.07) is 0. The van der Waals surface area contributed by atoms with Crippen molar-refractivity contribution in [2.24, 2.45) is 5.92 Å². The predicted octanol–water partition coefficient (Wildman–Crippen LogP) is 2.33. The van der Waals surface area contributed by atoms with Gasteiger partial charge in [0.05, 0.1) is 18.9 Å². The minimum absolute atomic E-state index is 0.273. The maximum absolute atomic E-state index is 13.3. The summed E-state index contributed by atoms with van der Waals surface area (Å²) in [5.74, 6) is -2.76. The zero-order chi connectivity index (χ0) is 11.1. The lowest BCUT2D eigenvalue weighted by atomic mass is 10.1. The lowest BCUT2D eigenvalue weighted by Gasteiger charge is -2.15. The fraction of sp³-hybridized carbons (Fsp3) is 0.556. The molecule has 0 bridgehead atoms. The van der Waals surface area contributed by atoms with E-state index in [4.69, 9.17) is 0 Å². The van der Waals surface area contributed by atoms with Crippen molar-refractivity contribution in [3.05, 3.63) is 17.0 Å². The zero-order valence-electron chi connectivity index (χ0n) is 8.12. The SMILES string of the molecule is CC1CN(c2cnc(Br)cn2)CC1(F)F. The Morgan fingerprint density at radius 1 is 1.47 bits per heavy atom. The van der Waals surface area contributed by atoms with E-state index in [1.54, 1.807) is 11.8 Å². The number of hydrogen-bond donors (Lipinski definition) is 0. The lowest BCUT2D eigenvalue weighted by molar-refractivity contribution is -0.0137. The summed E-state index contributed by atoms with van der Waals surface area (Å²) in [5.41, 5.74) is 0. The van der Waals surface area contributed by atoms with Gasteiger partial charge in [-0.15, -0.1) is 0 Å². The Labute approximate surface area is 94.6 Å². The van der Waals surface area contributed by atoms with Crippen molar-refractivity contribution in [3.8, 4) is 0 Å². The predicted molar refractivity (Wildman–Crippen MR) is 56.1 cm³/mol. The fourth-order valence-corrected chi connectivity index (χ4v) is 1.79. The molecule has 0 amide bonds. The monoisotopic (exact) mass is 277 g/mol. The van der Waals surface area contributed by atoms with Gasteiger partial charge in [0.15, 0.2) is 0 Å². The molecule has 0 saturated carbocycles. The molecule has 0 aromatic carbocycles. The van der Waals surface area contributed by atoms with Crippen LogP contribution in [0, 0.1) is 5.92 Å². The number of hydrogen-bond acceptors (Lipinski definition) is 3. The van der Waals surface area contributed by atoms with Crippen LogP contribution in [0.1, 0.15) is 6.92 Å². The van der Waals surface area contributed by atoms with E-state index in [0.717, 1.165) is 0 Å². The smallest absolute Gasteiger partial charge is 0.269 e. The molecule has 15 heavy (non-hydrogen) atoms. The van der Waals surface area contributed by atoms with Crippen LogP contribution in [-0.4, -0.2) is 29.0 Å². The molecule has 1 aromatic heterocycles. The molecular weight excluding hydrogens is 268 g/mol. The van der Waals surface area contributed by atoms with E-state index in [2.05, 4.69) is 25.9 Å². The van der Waals surface area contributed by atoms with E-state index in [9.17, 15) is 8.78 Å². The molecule has 1 fully saturated rings. The van der Waals surface area contributed by atoms with Gasteiger partial charge < -0.3 is 4.90 Å². The minimum Gasteiger partial charge on any atom is -0.349 e. The van der Waals surface area contributed by atoms with Crippen LogP contribution < -0.4 is 4.90 Å². The Morgan fingerprint density at radius 2 is 2.20 bits per heavy atom. The third-order valence-electron chi connectivity index (χ3n) is 2.55. The van der Waals surface area contributed by atoms with Gasteiger partial charge >= 0.3 is 0 Å². The molecule has 1 saturated heterocycles. The summed E-state index contributed by atoms with van der Waals surface area (Å²) in [6.45, 7) is 1.60. The third-order valence-corrected chi connectivity index (χ3v) is 2.96. The third kappa shape index (κ3) is 2.09. The van der Waals surface area contributed by atoms with Gasteiger partial charge in [0.25, 0.3) is 5.92 Å². The van der Waals surface area contributed by atoms with Crippen molar-refractivity contribution in [2.45, 2.75) is 12.8 Å². The Balaban J connectivity index is 2.17. The quantitative estimate of drug-likeness (QED) is 0.789. The van der Waals surface area contributed by atoms with Crippen LogP contribution >= 0.6 is 15.9 Å². The van der Waals surface area contributed by atoms with Crippen molar-refractivity contribution in [3.63, 3.8) is 0 Å². The van der Waals surface area contributed by atoms with E-state index >= 15 is 0 Å². The summed E-state index contributed by atoms with van der Waals surface area (Å²) < 4.78 is 27.1. The molecule has 2 rings (SSSR count). The minimum atomic E-state index is -2.63. The van der Waals surface area contributed by atoms with Crippen molar-refractivity contribution < 1.29 is 8.78 Å². The number of halogens is 3. The number of alkyl halides is 2. The molecule has 3 nitrogen and oxygen atoms in total. The van der Waals surface area contributed by atoms with Gasteiger partial charge in [-0.05, 0) is 15.9 Å². The maximum atomic E-state index is 13.3. The maximum Gasteiger partial charge on any atom is 0.269 e. The Kier molecular flexibility index (Phi) is 2.62. The number of anilines is 1. The summed E-state index contributed by atoms with van der Waals surface area (Å²) in [5, 5.41) is 0. The van der Waals surface area contributed by atoms with Crippen LogP contribution in [0.4, 0.5) is 14.6 Å². The van der Waals surface area contributed by atoms with Crippen LogP contribution in [0.3, 0.4) is 0 Å². The molecule has 0 aliphatic carbocycles. The molecule has 0 spiro atoms. The molecule has 1 aromatic rings. The van der Waals surface area contributed by atoms with Gasteiger partial charge in [0, 0.05) is 12.5 Å². The average Bonchev–Trinajstić information content (AvgIpc) is 2.42. The first-order valence-electron chi connectivity index (χ1n) is 4.59. The van der Waals surface area contributed by atoms with Crippen molar-refractivity contribution in [1.29, 1.82) is 0 Å². The fourth-order valence-electron chi connectivity index (χ4n) is 1.58. The Hall–Kier alpha value is -0.780. The molecule has 1 aliphatic rings. The van der Waals surface area contributed by atoms with E-state index < -0.39 is 11.8 Å². The molecular formula is C9H10BrF2N3. The Morgan fingerprint density at radius 3 is 2.67 bits per heavy atom. The van der Waals surface area contributed by atoms with E-state index in [1.807, 2.05) is 0 Å². The van der Waals surface area contributed by atoms with Crippen molar-refractivity contribution >= 4 is 21.7 Å². The number of nitrogens with zero attached hydrogens (tertiary/aromatic N) is 3. The van der Waals surface area contributed by atoms with Gasteiger partial charge in [0.2, 0.25) is 0 Å². The summed E-state index contributed by atoms with van der Waals surface area (Å²) in [4.78, 5) is 9.57. The van der Waals surface area contributed by atoms with Crippen molar-refractivity contribution in [1.82, 2.24) is 9.97 Å². The second-order valence-electron chi connectivity index (χ2n) is 3.74. The molecule has 1 aliphatic heterocycles. The highest BCUT2D eigenvalue weighted by Crippen LogP contribution is 2.34. The van der Waals surface area contributed by atoms with Gasteiger partial charge in [-0.3, -0.25) is 0 Å². The van der Waals surface area contributed by atoms with E-state index in [0.29, 0.717) is 17.0 Å². The topological polar surface area (TPSA) is 29.0 Å². The lowest BCUT2D eigenvalue weighted by Crippen LogP contribution is -2.27. The van der Waals surface area contributed by atoms with Crippen LogP contribution in [0.25, 0.3) is 0 Å². The Bertz CT molecular complexity index is 355.